The van der Waals surface area contributed by atoms with Crippen molar-refractivity contribution in [1.82, 2.24) is 15.5 Å². The smallest absolute Gasteiger partial charge is 0.251 e. The van der Waals surface area contributed by atoms with Gasteiger partial charge < -0.3 is 20.9 Å². The molecule has 1 unspecified atom stereocenters. The average molecular weight is 489 g/mol. The molecule has 1 aromatic heterocycles. The molecule has 0 saturated heterocycles. The molecule has 1 heterocycles. The second-order valence-corrected chi connectivity index (χ2v) is 8.09. The molecule has 9 heteroatoms. The van der Waals surface area contributed by atoms with Gasteiger partial charge in [-0.2, -0.15) is 5.10 Å². The van der Waals surface area contributed by atoms with Crippen LogP contribution in [0, 0.1) is 5.82 Å². The Bertz CT molecular complexity index is 1350. The van der Waals surface area contributed by atoms with Crippen LogP contribution < -0.4 is 15.8 Å². The number of nitrogens with two attached hydrogens (primary N) is 1. The number of aromatic hydroxyl groups is 1. The molecule has 5 N–H and O–H groups in total. The fourth-order valence-corrected chi connectivity index (χ4v) is 3.88. The molecule has 4 rings (SSSR count). The van der Waals surface area contributed by atoms with Gasteiger partial charge in [-0.1, -0.05) is 36.4 Å². The molecule has 0 bridgehead atoms. The Kier molecular flexibility index (Phi) is 7.41. The molecule has 36 heavy (non-hydrogen) atoms. The quantitative estimate of drug-likeness (QED) is 0.264. The van der Waals surface area contributed by atoms with Gasteiger partial charge in [0.05, 0.1) is 19.3 Å². The number of carbonyl (C=O) groups excluding carboxylic acids is 2. The number of methoxy groups -OCH3 is 1. The van der Waals surface area contributed by atoms with Crippen LogP contribution in [-0.4, -0.2) is 40.6 Å². The van der Waals surface area contributed by atoms with Gasteiger partial charge in [-0.25, -0.2) is 4.39 Å². The lowest BCUT2D eigenvalue weighted by molar-refractivity contribution is 0.0933. The second kappa shape index (κ2) is 10.8. The zero-order chi connectivity index (χ0) is 25.7. The second-order valence-electron chi connectivity index (χ2n) is 8.09. The zero-order valence-corrected chi connectivity index (χ0v) is 19.5. The van der Waals surface area contributed by atoms with Crippen molar-refractivity contribution in [1.29, 1.82) is 0 Å². The van der Waals surface area contributed by atoms with Crippen LogP contribution in [0.4, 0.5) is 4.39 Å². The monoisotopic (exact) mass is 488 g/mol. The minimum Gasteiger partial charge on any atom is -0.507 e. The molecule has 184 valence electrons. The molecule has 0 fully saturated rings. The van der Waals surface area contributed by atoms with Crippen molar-refractivity contribution >= 4 is 11.7 Å². The molecule has 4 aromatic rings. The topological polar surface area (TPSA) is 130 Å². The van der Waals surface area contributed by atoms with E-state index in [0.29, 0.717) is 18.5 Å². The van der Waals surface area contributed by atoms with Crippen molar-refractivity contribution in [3.8, 4) is 22.6 Å². The summed E-state index contributed by atoms with van der Waals surface area (Å²) in [6, 6.07) is 15.6. The number of aromatic amines is 1. The van der Waals surface area contributed by atoms with E-state index in [1.54, 1.807) is 12.4 Å². The first-order valence-corrected chi connectivity index (χ1v) is 11.2. The maximum atomic E-state index is 14.6. The van der Waals surface area contributed by atoms with Crippen LogP contribution in [0.1, 0.15) is 44.3 Å². The van der Waals surface area contributed by atoms with Crippen LogP contribution in [0.25, 0.3) is 11.1 Å². The largest absolute Gasteiger partial charge is 0.507 e. The number of aromatic nitrogens is 2. The molecule has 1 atom stereocenters. The maximum Gasteiger partial charge on any atom is 0.251 e. The lowest BCUT2D eigenvalue weighted by atomic mass is 9.99. The summed E-state index contributed by atoms with van der Waals surface area (Å²) in [6.07, 6.45) is 4.06. The number of nitrogens with one attached hydrogen (secondary N) is 2. The fourth-order valence-electron chi connectivity index (χ4n) is 3.88. The van der Waals surface area contributed by atoms with Gasteiger partial charge in [0.2, 0.25) is 0 Å². The first kappa shape index (κ1) is 24.6. The Balaban J connectivity index is 1.50. The van der Waals surface area contributed by atoms with Gasteiger partial charge in [0.1, 0.15) is 11.3 Å². The number of halogens is 1. The lowest BCUT2D eigenvalue weighted by Crippen LogP contribution is -2.30. The van der Waals surface area contributed by atoms with Gasteiger partial charge >= 0.3 is 0 Å². The van der Waals surface area contributed by atoms with Gasteiger partial charge in [-0.15, -0.1) is 0 Å². The van der Waals surface area contributed by atoms with E-state index in [9.17, 15) is 19.1 Å². The maximum absolute atomic E-state index is 14.6. The van der Waals surface area contributed by atoms with Crippen molar-refractivity contribution in [2.45, 2.75) is 12.5 Å². The number of hydrogen-bond donors (Lipinski definition) is 4. The van der Waals surface area contributed by atoms with Gasteiger partial charge in [-0.3, -0.25) is 14.7 Å². The van der Waals surface area contributed by atoms with Crippen molar-refractivity contribution < 1.29 is 23.8 Å². The number of ether oxygens (including phenoxy) is 1. The number of amides is 1. The van der Waals surface area contributed by atoms with Crippen LogP contribution in [0.2, 0.25) is 0 Å². The van der Waals surface area contributed by atoms with Gasteiger partial charge in [0, 0.05) is 22.9 Å². The molecule has 0 spiro atoms. The van der Waals surface area contributed by atoms with Crippen molar-refractivity contribution in [3.63, 3.8) is 0 Å². The third-order valence-corrected chi connectivity index (χ3v) is 5.85. The standard InChI is InChI=1S/C27H25FN4O4/c1-36-23-11-10-22(33)24(25(23)28)26(34)18-6-8-19(9-7-18)27(35)32-21(12-13-29)17-4-2-16(3-5-17)20-14-30-31-15-20/h2-11,14-15,21,33H,12-13,29H2,1H3,(H,30,31)(H,32,35). The summed E-state index contributed by atoms with van der Waals surface area (Å²) in [5.74, 6) is -2.68. The highest BCUT2D eigenvalue weighted by Crippen LogP contribution is 2.30. The first-order chi connectivity index (χ1) is 17.4. The van der Waals surface area contributed by atoms with Crippen molar-refractivity contribution in [3.05, 3.63) is 101 Å². The number of ketones is 1. The van der Waals surface area contributed by atoms with E-state index in [1.807, 2.05) is 24.3 Å². The summed E-state index contributed by atoms with van der Waals surface area (Å²) in [4.78, 5) is 25.8. The van der Waals surface area contributed by atoms with Crippen LogP contribution in [-0.2, 0) is 0 Å². The molecule has 1 amide bonds. The van der Waals surface area contributed by atoms with Crippen LogP contribution >= 0.6 is 0 Å². The van der Waals surface area contributed by atoms with Crippen LogP contribution in [0.15, 0.2) is 73.1 Å². The number of hydrogen-bond acceptors (Lipinski definition) is 6. The third kappa shape index (κ3) is 5.11. The Morgan fingerprint density at radius 3 is 2.36 bits per heavy atom. The molecule has 8 nitrogen and oxygen atoms in total. The Labute approximate surface area is 206 Å². The third-order valence-electron chi connectivity index (χ3n) is 5.85. The van der Waals surface area contributed by atoms with Gasteiger partial charge in [0.25, 0.3) is 5.91 Å². The Hall–Kier alpha value is -4.50. The highest BCUT2D eigenvalue weighted by Gasteiger charge is 2.23. The van der Waals surface area contributed by atoms with E-state index in [-0.39, 0.29) is 23.3 Å². The molecule has 0 saturated carbocycles. The number of nitrogens with zero attached hydrogens (tertiary/aromatic N) is 1. The number of carbonyl (C=O) groups is 2. The number of H-pyrrole nitrogens is 1. The molecular formula is C27H25FN4O4. The zero-order valence-electron chi connectivity index (χ0n) is 19.5. The Morgan fingerprint density at radius 2 is 1.75 bits per heavy atom. The van der Waals surface area contributed by atoms with Crippen LogP contribution in [0.3, 0.4) is 0 Å². The van der Waals surface area contributed by atoms with E-state index in [0.717, 1.165) is 16.7 Å². The number of phenols is 1. The van der Waals surface area contributed by atoms with E-state index >= 15 is 0 Å². The lowest BCUT2D eigenvalue weighted by Gasteiger charge is -2.19. The summed E-state index contributed by atoms with van der Waals surface area (Å²) >= 11 is 0. The van der Waals surface area contributed by atoms with E-state index in [4.69, 9.17) is 10.5 Å². The van der Waals surface area contributed by atoms with E-state index in [1.165, 1.54) is 43.5 Å². The first-order valence-electron chi connectivity index (χ1n) is 11.2. The summed E-state index contributed by atoms with van der Waals surface area (Å²) in [6.45, 7) is 0.372. The fraction of sp³-hybridized carbons (Fsp3) is 0.148. The summed E-state index contributed by atoms with van der Waals surface area (Å²) in [5.41, 5.74) is 8.57. The van der Waals surface area contributed by atoms with Crippen molar-refractivity contribution in [2.75, 3.05) is 13.7 Å². The van der Waals surface area contributed by atoms with Crippen LogP contribution in [0.5, 0.6) is 11.5 Å². The predicted molar refractivity (Wildman–Crippen MR) is 132 cm³/mol. The molecule has 3 aromatic carbocycles. The highest BCUT2D eigenvalue weighted by molar-refractivity contribution is 6.11. The van der Waals surface area contributed by atoms with E-state index < -0.39 is 22.9 Å². The SMILES string of the molecule is COc1ccc(O)c(C(=O)c2ccc(C(=O)NC(CCN)c3ccc(-c4cn[nH]c4)cc3)cc2)c1F. The molecule has 0 aliphatic heterocycles. The number of benzene rings is 3. The van der Waals surface area contributed by atoms with Gasteiger partial charge in [0.15, 0.2) is 17.3 Å². The predicted octanol–water partition coefficient (Wildman–Crippen LogP) is 3.98. The highest BCUT2D eigenvalue weighted by atomic mass is 19.1. The number of rotatable bonds is 9. The summed E-state index contributed by atoms with van der Waals surface area (Å²) in [7, 11) is 1.27. The Morgan fingerprint density at radius 1 is 1.06 bits per heavy atom. The number of phenolic OH excluding ortho intramolecular Hbond substituents is 1. The minimum absolute atomic E-state index is 0.113. The average Bonchev–Trinajstić information content (AvgIpc) is 3.44. The summed E-state index contributed by atoms with van der Waals surface area (Å²) < 4.78 is 19.5. The molecule has 0 aliphatic carbocycles. The minimum atomic E-state index is -0.951. The molecular weight excluding hydrogens is 463 g/mol. The molecule has 0 radical (unpaired) electrons. The van der Waals surface area contributed by atoms with Crippen molar-refractivity contribution in [2.24, 2.45) is 5.73 Å². The molecule has 0 aliphatic rings. The van der Waals surface area contributed by atoms with Gasteiger partial charge in [-0.05, 0) is 48.4 Å². The normalized spacial score (nSPS) is 11.6. The van der Waals surface area contributed by atoms with E-state index in [2.05, 4.69) is 15.5 Å². The summed E-state index contributed by atoms with van der Waals surface area (Å²) in [5, 5.41) is 19.7.